The first-order chi connectivity index (χ1) is 8.24. The lowest BCUT2D eigenvalue weighted by Crippen LogP contribution is -2.30. The van der Waals surface area contributed by atoms with E-state index < -0.39 is 5.60 Å². The molecule has 1 heterocycles. The molecule has 1 fully saturated rings. The Bertz CT molecular complexity index is 343. The van der Waals surface area contributed by atoms with Gasteiger partial charge >= 0.3 is 0 Å². The van der Waals surface area contributed by atoms with Crippen LogP contribution in [0.4, 0.5) is 0 Å². The van der Waals surface area contributed by atoms with Crippen LogP contribution in [0.2, 0.25) is 0 Å². The molecule has 0 saturated carbocycles. The molecule has 1 aromatic rings. The maximum absolute atomic E-state index is 10.8. The first-order valence-corrected chi connectivity index (χ1v) is 7.83. The van der Waals surface area contributed by atoms with Crippen LogP contribution in [0.5, 0.6) is 0 Å². The van der Waals surface area contributed by atoms with E-state index in [9.17, 15) is 5.11 Å². The monoisotopic (exact) mass is 345 g/mol. The lowest BCUT2D eigenvalue weighted by molar-refractivity contribution is 0.0214. The summed E-state index contributed by atoms with van der Waals surface area (Å²) in [4.78, 5) is 2.47. The van der Waals surface area contributed by atoms with Crippen molar-refractivity contribution in [1.82, 2.24) is 4.90 Å². The van der Waals surface area contributed by atoms with Crippen LogP contribution in [0.25, 0.3) is 0 Å². The van der Waals surface area contributed by atoms with E-state index in [4.69, 9.17) is 0 Å². The van der Waals surface area contributed by atoms with Gasteiger partial charge in [-0.3, -0.25) is 0 Å². The summed E-state index contributed by atoms with van der Waals surface area (Å²) in [6, 6.07) is 10.1. The molecule has 17 heavy (non-hydrogen) atoms. The van der Waals surface area contributed by atoms with Gasteiger partial charge in [0, 0.05) is 17.5 Å². The third-order valence-electron chi connectivity index (χ3n) is 3.62. The van der Waals surface area contributed by atoms with Crippen LogP contribution < -0.4 is 0 Å². The molecule has 2 nitrogen and oxygen atoms in total. The second-order valence-electron chi connectivity index (χ2n) is 4.78. The van der Waals surface area contributed by atoms with E-state index >= 15 is 0 Å². The standard InChI is InChI=1S/C14H20INO/c15-9-12-16-10-4-7-14(17,8-11-16)13-5-2-1-3-6-13/h1-3,5-6,17H,4,7-12H2. The Morgan fingerprint density at radius 2 is 1.94 bits per heavy atom. The van der Waals surface area contributed by atoms with Gasteiger partial charge in [0.1, 0.15) is 0 Å². The first kappa shape index (κ1) is 13.3. The topological polar surface area (TPSA) is 23.5 Å². The molecule has 94 valence electrons. The minimum absolute atomic E-state index is 0.610. The number of benzene rings is 1. The lowest BCUT2D eigenvalue weighted by Gasteiger charge is -2.27. The zero-order valence-electron chi connectivity index (χ0n) is 10.1. The molecule has 0 amide bonds. The maximum Gasteiger partial charge on any atom is 0.0909 e. The average Bonchev–Trinajstić information content (AvgIpc) is 2.55. The molecule has 2 rings (SSSR count). The van der Waals surface area contributed by atoms with Crippen LogP contribution in [0.15, 0.2) is 30.3 Å². The van der Waals surface area contributed by atoms with E-state index in [1.54, 1.807) is 0 Å². The number of rotatable bonds is 3. The molecule has 1 aromatic carbocycles. The van der Waals surface area contributed by atoms with E-state index in [1.807, 2.05) is 30.3 Å². The summed E-state index contributed by atoms with van der Waals surface area (Å²) in [6.45, 7) is 3.28. The highest BCUT2D eigenvalue weighted by atomic mass is 127. The van der Waals surface area contributed by atoms with Crippen molar-refractivity contribution in [2.24, 2.45) is 0 Å². The van der Waals surface area contributed by atoms with Gasteiger partial charge < -0.3 is 10.0 Å². The van der Waals surface area contributed by atoms with Gasteiger partial charge in [-0.05, 0) is 31.4 Å². The molecule has 0 bridgehead atoms. The fourth-order valence-electron chi connectivity index (χ4n) is 2.56. The highest BCUT2D eigenvalue weighted by Gasteiger charge is 2.31. The third-order valence-corrected chi connectivity index (χ3v) is 4.10. The molecule has 1 aliphatic rings. The Morgan fingerprint density at radius 3 is 2.65 bits per heavy atom. The van der Waals surface area contributed by atoms with Gasteiger partial charge in [-0.15, -0.1) is 0 Å². The number of hydrogen-bond acceptors (Lipinski definition) is 2. The number of nitrogens with zero attached hydrogens (tertiary/aromatic N) is 1. The van der Waals surface area contributed by atoms with Gasteiger partial charge in [-0.2, -0.15) is 0 Å². The fourth-order valence-corrected chi connectivity index (χ4v) is 3.24. The number of hydrogen-bond donors (Lipinski definition) is 1. The van der Waals surface area contributed by atoms with Crippen molar-refractivity contribution in [3.63, 3.8) is 0 Å². The number of alkyl halides is 1. The number of aliphatic hydroxyl groups is 1. The maximum atomic E-state index is 10.8. The Morgan fingerprint density at radius 1 is 1.18 bits per heavy atom. The van der Waals surface area contributed by atoms with Gasteiger partial charge in [0.25, 0.3) is 0 Å². The Labute approximate surface area is 117 Å². The second kappa shape index (κ2) is 6.16. The summed E-state index contributed by atoms with van der Waals surface area (Å²) < 4.78 is 1.17. The van der Waals surface area contributed by atoms with Gasteiger partial charge in [0.2, 0.25) is 0 Å². The quantitative estimate of drug-likeness (QED) is 0.673. The molecule has 0 spiro atoms. The summed E-state index contributed by atoms with van der Waals surface area (Å²) in [6.07, 6.45) is 2.82. The van der Waals surface area contributed by atoms with Crippen molar-refractivity contribution >= 4 is 22.6 Å². The van der Waals surface area contributed by atoms with Crippen molar-refractivity contribution in [3.05, 3.63) is 35.9 Å². The van der Waals surface area contributed by atoms with E-state index in [0.29, 0.717) is 0 Å². The average molecular weight is 345 g/mol. The minimum Gasteiger partial charge on any atom is -0.385 e. The van der Waals surface area contributed by atoms with Crippen molar-refractivity contribution in [1.29, 1.82) is 0 Å². The first-order valence-electron chi connectivity index (χ1n) is 6.31. The van der Waals surface area contributed by atoms with Crippen molar-refractivity contribution in [2.75, 3.05) is 24.1 Å². The summed E-state index contributed by atoms with van der Waals surface area (Å²) in [5, 5.41) is 10.8. The van der Waals surface area contributed by atoms with Crippen LogP contribution in [-0.2, 0) is 5.60 Å². The SMILES string of the molecule is OC1(c2ccccc2)CCCN(CCI)CC1. The Hall–Kier alpha value is -0.130. The van der Waals surface area contributed by atoms with Gasteiger partial charge in [-0.25, -0.2) is 0 Å². The number of halogens is 1. The highest BCUT2D eigenvalue weighted by molar-refractivity contribution is 14.1. The Kier molecular flexibility index (Phi) is 4.82. The fraction of sp³-hybridized carbons (Fsp3) is 0.571. The molecule has 1 saturated heterocycles. The smallest absolute Gasteiger partial charge is 0.0909 e. The molecule has 1 aliphatic heterocycles. The van der Waals surface area contributed by atoms with Crippen molar-refractivity contribution in [3.8, 4) is 0 Å². The molecule has 0 radical (unpaired) electrons. The zero-order valence-corrected chi connectivity index (χ0v) is 12.3. The van der Waals surface area contributed by atoms with E-state index in [2.05, 4.69) is 27.5 Å². The van der Waals surface area contributed by atoms with Crippen LogP contribution in [0.1, 0.15) is 24.8 Å². The molecule has 1 atom stereocenters. The molecule has 0 aromatic heterocycles. The lowest BCUT2D eigenvalue weighted by atomic mass is 9.87. The van der Waals surface area contributed by atoms with Crippen LogP contribution >= 0.6 is 22.6 Å². The molecular formula is C14H20INO. The highest BCUT2D eigenvalue weighted by Crippen LogP contribution is 2.32. The summed E-state index contributed by atoms with van der Waals surface area (Å²) in [5.74, 6) is 0. The van der Waals surface area contributed by atoms with Gasteiger partial charge in [0.05, 0.1) is 5.60 Å². The molecule has 1 N–H and O–H groups in total. The van der Waals surface area contributed by atoms with Crippen molar-refractivity contribution in [2.45, 2.75) is 24.9 Å². The van der Waals surface area contributed by atoms with Gasteiger partial charge in [-0.1, -0.05) is 52.9 Å². The van der Waals surface area contributed by atoms with E-state index in [0.717, 1.165) is 44.5 Å². The largest absolute Gasteiger partial charge is 0.385 e. The predicted octanol–water partition coefficient (Wildman–Crippen LogP) is 2.80. The minimum atomic E-state index is -0.610. The predicted molar refractivity (Wildman–Crippen MR) is 79.5 cm³/mol. The Balaban J connectivity index is 2.06. The third kappa shape index (κ3) is 3.42. The molecule has 1 unspecified atom stereocenters. The van der Waals surface area contributed by atoms with Crippen LogP contribution in [0, 0.1) is 0 Å². The van der Waals surface area contributed by atoms with E-state index in [1.165, 1.54) is 4.43 Å². The summed E-state index contributed by atoms with van der Waals surface area (Å²) in [5.41, 5.74) is 0.470. The normalized spacial score (nSPS) is 26.7. The zero-order chi connectivity index (χ0) is 12.1. The molecule has 3 heteroatoms. The number of likely N-dealkylation sites (tertiary alicyclic amines) is 1. The summed E-state index contributed by atoms with van der Waals surface area (Å²) in [7, 11) is 0. The molecular weight excluding hydrogens is 325 g/mol. The summed E-state index contributed by atoms with van der Waals surface area (Å²) >= 11 is 2.42. The van der Waals surface area contributed by atoms with Gasteiger partial charge in [0.15, 0.2) is 0 Å². The van der Waals surface area contributed by atoms with Crippen LogP contribution in [-0.4, -0.2) is 34.1 Å². The van der Waals surface area contributed by atoms with Crippen molar-refractivity contribution < 1.29 is 5.11 Å². The van der Waals surface area contributed by atoms with Crippen LogP contribution in [0.3, 0.4) is 0 Å². The molecule has 0 aliphatic carbocycles. The van der Waals surface area contributed by atoms with E-state index in [-0.39, 0.29) is 0 Å². The second-order valence-corrected chi connectivity index (χ2v) is 5.86.